The number of urea groups is 1. The lowest BCUT2D eigenvalue weighted by Gasteiger charge is -2.13. The fourth-order valence-electron chi connectivity index (χ4n) is 2.82. The van der Waals surface area contributed by atoms with Crippen LogP contribution in [0.5, 0.6) is 5.75 Å². The lowest BCUT2D eigenvalue weighted by atomic mass is 9.96. The molecule has 0 aliphatic carbocycles. The van der Waals surface area contributed by atoms with Crippen molar-refractivity contribution in [3.8, 4) is 16.9 Å². The average molecular weight is 399 g/mol. The minimum atomic E-state index is -0.716. The van der Waals surface area contributed by atoms with Crippen molar-refractivity contribution in [1.82, 2.24) is 0 Å². The lowest BCUT2D eigenvalue weighted by Crippen LogP contribution is -2.19. The molecule has 0 aromatic heterocycles. The zero-order chi connectivity index (χ0) is 20.3. The van der Waals surface area contributed by atoms with Crippen molar-refractivity contribution in [2.24, 2.45) is 5.73 Å². The Hall–Kier alpha value is -3.38. The van der Waals surface area contributed by atoms with E-state index < -0.39 is 17.6 Å². The van der Waals surface area contributed by atoms with Crippen LogP contribution in [0.4, 0.5) is 14.9 Å². The van der Waals surface area contributed by atoms with Crippen LogP contribution >= 0.6 is 11.6 Å². The Balaban J connectivity index is 2.04. The molecule has 28 heavy (non-hydrogen) atoms. The Morgan fingerprint density at radius 3 is 2.39 bits per heavy atom. The molecule has 142 valence electrons. The summed E-state index contributed by atoms with van der Waals surface area (Å²) in [4.78, 5) is 23.7. The highest BCUT2D eigenvalue weighted by molar-refractivity contribution is 6.30. The Morgan fingerprint density at radius 2 is 1.79 bits per heavy atom. The number of hydrogen-bond donors (Lipinski definition) is 2. The largest absolute Gasteiger partial charge is 0.496 e. The summed E-state index contributed by atoms with van der Waals surface area (Å²) in [6.07, 6.45) is 0. The minimum Gasteiger partial charge on any atom is -0.496 e. The van der Waals surface area contributed by atoms with Crippen molar-refractivity contribution in [3.63, 3.8) is 0 Å². The van der Waals surface area contributed by atoms with Crippen molar-refractivity contribution in [1.29, 1.82) is 0 Å². The van der Waals surface area contributed by atoms with Gasteiger partial charge in [-0.2, -0.15) is 0 Å². The number of methoxy groups -OCH3 is 1. The Morgan fingerprint density at radius 1 is 1.07 bits per heavy atom. The smallest absolute Gasteiger partial charge is 0.316 e. The number of ether oxygens (including phenoxy) is 1. The van der Waals surface area contributed by atoms with Crippen LogP contribution in [0.2, 0.25) is 5.02 Å². The van der Waals surface area contributed by atoms with Gasteiger partial charge >= 0.3 is 6.03 Å². The second-order valence-corrected chi connectivity index (χ2v) is 6.35. The standard InChI is InChI=1S/C21H16ClFN2O3/c1-28-17-10-9-16(19(23)18(17)13-3-2-4-14(22)11-13)20(26)12-5-7-15(8-6-12)25-21(24)27/h2-11H,1H3,(H3,24,25,27). The highest BCUT2D eigenvalue weighted by atomic mass is 35.5. The van der Waals surface area contributed by atoms with Crippen LogP contribution in [-0.4, -0.2) is 18.9 Å². The monoisotopic (exact) mass is 398 g/mol. The zero-order valence-electron chi connectivity index (χ0n) is 14.8. The molecule has 2 amide bonds. The Kier molecular flexibility index (Phi) is 5.61. The van der Waals surface area contributed by atoms with E-state index in [2.05, 4.69) is 5.32 Å². The first kappa shape index (κ1) is 19.4. The fraction of sp³-hybridized carbons (Fsp3) is 0.0476. The topological polar surface area (TPSA) is 81.4 Å². The van der Waals surface area contributed by atoms with E-state index >= 15 is 4.39 Å². The predicted octanol–water partition coefficient (Wildman–Crippen LogP) is 4.88. The first-order valence-electron chi connectivity index (χ1n) is 8.24. The summed E-state index contributed by atoms with van der Waals surface area (Å²) in [5.41, 5.74) is 6.29. The van der Waals surface area contributed by atoms with Gasteiger partial charge in [-0.3, -0.25) is 4.79 Å². The molecule has 0 heterocycles. The molecular weight excluding hydrogens is 383 g/mol. The van der Waals surface area contributed by atoms with Gasteiger partial charge in [0.1, 0.15) is 11.6 Å². The second kappa shape index (κ2) is 8.10. The summed E-state index contributed by atoms with van der Waals surface area (Å²) < 4.78 is 20.6. The van der Waals surface area contributed by atoms with Crippen LogP contribution < -0.4 is 15.8 Å². The van der Waals surface area contributed by atoms with Gasteiger partial charge in [0, 0.05) is 16.3 Å². The van der Waals surface area contributed by atoms with Gasteiger partial charge in [0.2, 0.25) is 0 Å². The Labute approximate surface area is 165 Å². The highest BCUT2D eigenvalue weighted by Gasteiger charge is 2.21. The molecule has 3 rings (SSSR count). The van der Waals surface area contributed by atoms with Gasteiger partial charge in [-0.1, -0.05) is 23.7 Å². The van der Waals surface area contributed by atoms with E-state index in [1.54, 1.807) is 24.3 Å². The van der Waals surface area contributed by atoms with E-state index in [1.807, 2.05) is 0 Å². The number of hydrogen-bond acceptors (Lipinski definition) is 3. The summed E-state index contributed by atoms with van der Waals surface area (Å²) in [6, 6.07) is 14.8. The molecule has 3 aromatic carbocycles. The van der Waals surface area contributed by atoms with Crippen LogP contribution in [0.1, 0.15) is 15.9 Å². The van der Waals surface area contributed by atoms with Crippen molar-refractivity contribution >= 4 is 29.1 Å². The molecule has 0 unspecified atom stereocenters. The third kappa shape index (κ3) is 3.97. The maximum atomic E-state index is 15.3. The van der Waals surface area contributed by atoms with E-state index in [4.69, 9.17) is 22.1 Å². The van der Waals surface area contributed by atoms with E-state index in [-0.39, 0.29) is 22.4 Å². The Bertz CT molecular complexity index is 1050. The minimum absolute atomic E-state index is 0.105. The quantitative estimate of drug-likeness (QED) is 0.601. The van der Waals surface area contributed by atoms with Crippen LogP contribution in [-0.2, 0) is 0 Å². The highest BCUT2D eigenvalue weighted by Crippen LogP contribution is 2.36. The molecule has 0 aliphatic heterocycles. The molecule has 0 atom stereocenters. The first-order chi connectivity index (χ1) is 13.4. The molecule has 3 N–H and O–H groups in total. The van der Waals surface area contributed by atoms with Crippen LogP contribution in [0.25, 0.3) is 11.1 Å². The number of halogens is 2. The third-order valence-electron chi connectivity index (χ3n) is 4.10. The molecule has 0 fully saturated rings. The van der Waals surface area contributed by atoms with Crippen molar-refractivity contribution in [2.75, 3.05) is 12.4 Å². The third-order valence-corrected chi connectivity index (χ3v) is 4.33. The molecule has 5 nitrogen and oxygen atoms in total. The van der Waals surface area contributed by atoms with E-state index in [0.29, 0.717) is 16.3 Å². The van der Waals surface area contributed by atoms with Crippen LogP contribution in [0, 0.1) is 5.82 Å². The predicted molar refractivity (Wildman–Crippen MR) is 106 cm³/mol. The molecular formula is C21H16ClFN2O3. The van der Waals surface area contributed by atoms with Gasteiger partial charge in [-0.05, 0) is 54.1 Å². The van der Waals surface area contributed by atoms with Gasteiger partial charge in [0.05, 0.1) is 18.2 Å². The number of nitrogens with two attached hydrogens (primary N) is 1. The van der Waals surface area contributed by atoms with Gasteiger partial charge in [0.15, 0.2) is 5.78 Å². The summed E-state index contributed by atoms with van der Waals surface area (Å²) in [7, 11) is 1.43. The van der Waals surface area contributed by atoms with Gasteiger partial charge in [-0.15, -0.1) is 0 Å². The van der Waals surface area contributed by atoms with E-state index in [9.17, 15) is 9.59 Å². The molecule has 0 saturated carbocycles. The number of benzene rings is 3. The van der Waals surface area contributed by atoms with Gasteiger partial charge < -0.3 is 15.8 Å². The summed E-state index contributed by atoms with van der Waals surface area (Å²) in [5.74, 6) is -0.919. The molecule has 0 spiro atoms. The van der Waals surface area contributed by atoms with Crippen molar-refractivity contribution < 1.29 is 18.7 Å². The van der Waals surface area contributed by atoms with Crippen molar-refractivity contribution in [3.05, 3.63) is 82.6 Å². The maximum Gasteiger partial charge on any atom is 0.316 e. The molecule has 0 radical (unpaired) electrons. The summed E-state index contributed by atoms with van der Waals surface area (Å²) in [5, 5.41) is 2.84. The number of nitrogens with one attached hydrogen (secondary N) is 1. The van der Waals surface area contributed by atoms with E-state index in [1.165, 1.54) is 43.5 Å². The molecule has 0 bridgehead atoms. The van der Waals surface area contributed by atoms with Gasteiger partial charge in [-0.25, -0.2) is 9.18 Å². The zero-order valence-corrected chi connectivity index (χ0v) is 15.6. The number of amides is 2. The first-order valence-corrected chi connectivity index (χ1v) is 8.62. The number of ketones is 1. The number of anilines is 1. The average Bonchev–Trinajstić information content (AvgIpc) is 2.67. The van der Waals surface area contributed by atoms with E-state index in [0.717, 1.165) is 0 Å². The van der Waals surface area contributed by atoms with Gasteiger partial charge in [0.25, 0.3) is 0 Å². The molecule has 3 aromatic rings. The number of carbonyl (C=O) groups is 2. The number of carbonyl (C=O) groups excluding carboxylic acids is 2. The van der Waals surface area contributed by atoms with Crippen molar-refractivity contribution in [2.45, 2.75) is 0 Å². The number of rotatable bonds is 5. The maximum absolute atomic E-state index is 15.3. The molecule has 7 heteroatoms. The fourth-order valence-corrected chi connectivity index (χ4v) is 3.01. The lowest BCUT2D eigenvalue weighted by molar-refractivity contribution is 0.103. The number of primary amides is 1. The normalized spacial score (nSPS) is 10.4. The molecule has 0 aliphatic rings. The molecule has 0 saturated heterocycles. The van der Waals surface area contributed by atoms with Crippen LogP contribution in [0.3, 0.4) is 0 Å². The summed E-state index contributed by atoms with van der Waals surface area (Å²) in [6.45, 7) is 0. The summed E-state index contributed by atoms with van der Waals surface area (Å²) >= 11 is 6.02. The SMILES string of the molecule is COc1ccc(C(=O)c2ccc(NC(N)=O)cc2)c(F)c1-c1cccc(Cl)c1. The second-order valence-electron chi connectivity index (χ2n) is 5.91. The van der Waals surface area contributed by atoms with Crippen LogP contribution in [0.15, 0.2) is 60.7 Å².